The topological polar surface area (TPSA) is 168 Å². The molecule has 346 valence electrons. The van der Waals surface area contributed by atoms with Crippen molar-refractivity contribution in [2.45, 2.75) is 98.4 Å². The molecular formula is C47H64N8O7S2. The van der Waals surface area contributed by atoms with Crippen molar-refractivity contribution >= 4 is 57.4 Å². The number of aromatic nitrogens is 3. The number of hydrazine groups is 1. The summed E-state index contributed by atoms with van der Waals surface area (Å²) in [5.41, 5.74) is 9.38. The zero-order valence-electron chi connectivity index (χ0n) is 38.4. The number of carbonyl (C=O) groups excluding carboxylic acids is 4. The molecule has 6 rings (SSSR count). The number of ether oxygens (including phenoxy) is 2. The Bertz CT molecular complexity index is 2340. The predicted octanol–water partition coefficient (Wildman–Crippen LogP) is 6.06. The van der Waals surface area contributed by atoms with E-state index >= 15 is 0 Å². The molecule has 15 nitrogen and oxygen atoms in total. The lowest BCUT2D eigenvalue weighted by molar-refractivity contribution is -0.145. The fourth-order valence-electron chi connectivity index (χ4n) is 9.02. The van der Waals surface area contributed by atoms with E-state index in [4.69, 9.17) is 19.4 Å². The maximum atomic E-state index is 14.3. The minimum absolute atomic E-state index is 0.150. The summed E-state index contributed by atoms with van der Waals surface area (Å²) in [6.07, 6.45) is 4.57. The smallest absolute Gasteiger partial charge is 0.293 e. The molecule has 0 bridgehead atoms. The number of amides is 3. The van der Waals surface area contributed by atoms with Crippen molar-refractivity contribution in [1.82, 2.24) is 39.5 Å². The fraction of sp³-hybridized carbons (Fsp3) is 0.532. The molecule has 0 radical (unpaired) electrons. The quantitative estimate of drug-likeness (QED) is 0.0995. The standard InChI is InChI=1S/C47H64N8O7S2/c1-10-54-39-17-16-32(23-35(39)36(25-47(6,7)28-62-29-56)43(54)34-15-14-19-48-41(34)31(5)61-9)38-27-63-40(50-38)24-37(46(59)55-21-13-12-20-49-55)51-44(57)42(30(3)4)52(8)45(58)33-18-22-53(26-33)64(60)11-2/h11,14-17,19,23,27,29-31,33,37,42,49H,2,10,12-13,18,20-22,24-26,28H2,1,3-9H3,(H,51,57). The van der Waals surface area contributed by atoms with E-state index in [1.54, 1.807) is 29.7 Å². The molecule has 2 saturated heterocycles. The average Bonchev–Trinajstić information content (AvgIpc) is 4.05. The van der Waals surface area contributed by atoms with Crippen LogP contribution in [-0.2, 0) is 59.0 Å². The average molecular weight is 917 g/mol. The van der Waals surface area contributed by atoms with Crippen LogP contribution in [0.1, 0.15) is 83.2 Å². The van der Waals surface area contributed by atoms with Crippen LogP contribution in [0, 0.1) is 17.3 Å². The first kappa shape index (κ1) is 48.6. The van der Waals surface area contributed by atoms with Gasteiger partial charge in [-0.25, -0.2) is 18.9 Å². The minimum Gasteiger partial charge on any atom is -0.467 e. The first-order chi connectivity index (χ1) is 30.6. The van der Waals surface area contributed by atoms with E-state index in [1.807, 2.05) is 32.2 Å². The molecule has 2 fully saturated rings. The summed E-state index contributed by atoms with van der Waals surface area (Å²) < 4.78 is 27.5. The van der Waals surface area contributed by atoms with Gasteiger partial charge in [-0.2, -0.15) is 0 Å². The van der Waals surface area contributed by atoms with Gasteiger partial charge in [-0.15, -0.1) is 11.3 Å². The number of pyridine rings is 1. The molecule has 2 aliphatic heterocycles. The van der Waals surface area contributed by atoms with E-state index in [2.05, 4.69) is 66.9 Å². The van der Waals surface area contributed by atoms with Crippen LogP contribution in [0.2, 0.25) is 0 Å². The Morgan fingerprint density at radius 1 is 1.17 bits per heavy atom. The van der Waals surface area contributed by atoms with E-state index in [9.17, 15) is 23.4 Å². The molecule has 2 N–H and O–H groups in total. The van der Waals surface area contributed by atoms with E-state index in [0.717, 1.165) is 57.5 Å². The van der Waals surface area contributed by atoms with Crippen LogP contribution < -0.4 is 10.7 Å². The Kier molecular flexibility index (Phi) is 16.3. The third-order valence-electron chi connectivity index (χ3n) is 12.3. The molecule has 5 atom stereocenters. The third kappa shape index (κ3) is 10.8. The van der Waals surface area contributed by atoms with Crippen LogP contribution in [-0.4, -0.2) is 116 Å². The van der Waals surface area contributed by atoms with Crippen LogP contribution in [0.5, 0.6) is 0 Å². The number of nitrogens with zero attached hydrogens (tertiary/aromatic N) is 6. The molecular weight excluding hydrogens is 853 g/mol. The number of fused-ring (bicyclic) bond motifs is 1. The van der Waals surface area contributed by atoms with Gasteiger partial charge in [0.15, 0.2) is 0 Å². The van der Waals surface area contributed by atoms with E-state index in [0.29, 0.717) is 57.0 Å². The normalized spacial score (nSPS) is 17.8. The van der Waals surface area contributed by atoms with Crippen molar-refractivity contribution in [2.24, 2.45) is 17.3 Å². The number of likely N-dealkylation sites (N-methyl/N-ethyl adjacent to an activating group) is 1. The van der Waals surface area contributed by atoms with Gasteiger partial charge in [-0.1, -0.05) is 40.3 Å². The largest absolute Gasteiger partial charge is 0.467 e. The first-order valence-electron chi connectivity index (χ1n) is 22.2. The molecule has 3 amide bonds. The van der Waals surface area contributed by atoms with E-state index in [-0.39, 0.29) is 36.9 Å². The lowest BCUT2D eigenvalue weighted by Gasteiger charge is -2.35. The SMILES string of the molecule is C=CS(=O)N1CCC(C(=O)N(C)C(C(=O)NC(Cc2nc(-c3ccc4c(c3)c(CC(C)(C)COC=O)c(-c3cccnc3C(C)OC)n4CC)cs2)C(=O)N2CCCCN2)C(C)C)C1. The molecule has 64 heavy (non-hydrogen) atoms. The number of methoxy groups -OCH3 is 1. The van der Waals surface area contributed by atoms with Gasteiger partial charge in [0.1, 0.15) is 23.1 Å². The van der Waals surface area contributed by atoms with Gasteiger partial charge in [0, 0.05) is 97.7 Å². The van der Waals surface area contributed by atoms with Gasteiger partial charge in [0.2, 0.25) is 11.8 Å². The highest BCUT2D eigenvalue weighted by molar-refractivity contribution is 7.85. The lowest BCUT2D eigenvalue weighted by atomic mass is 9.84. The Hall–Kier alpha value is -4.81. The highest BCUT2D eigenvalue weighted by Gasteiger charge is 2.39. The maximum Gasteiger partial charge on any atom is 0.293 e. The Labute approximate surface area is 383 Å². The summed E-state index contributed by atoms with van der Waals surface area (Å²) in [7, 11) is 1.93. The molecule has 0 spiro atoms. The number of hydrogen-bond donors (Lipinski definition) is 2. The second-order valence-corrected chi connectivity index (χ2v) is 20.2. The number of rotatable bonds is 20. The molecule has 0 saturated carbocycles. The van der Waals surface area contributed by atoms with Crippen LogP contribution in [0.25, 0.3) is 33.4 Å². The summed E-state index contributed by atoms with van der Waals surface area (Å²) in [5, 5.41) is 9.68. The van der Waals surface area contributed by atoms with Gasteiger partial charge in [-0.05, 0) is 75.3 Å². The van der Waals surface area contributed by atoms with Crippen molar-refractivity contribution in [3.63, 3.8) is 0 Å². The summed E-state index contributed by atoms with van der Waals surface area (Å²) in [5.74, 6) is -1.56. The minimum atomic E-state index is -1.38. The number of aryl methyl sites for hydroxylation is 1. The highest BCUT2D eigenvalue weighted by Crippen LogP contribution is 2.42. The van der Waals surface area contributed by atoms with Gasteiger partial charge in [-0.3, -0.25) is 29.2 Å². The Morgan fingerprint density at radius 2 is 1.95 bits per heavy atom. The molecule has 3 aromatic heterocycles. The van der Waals surface area contributed by atoms with Crippen molar-refractivity contribution in [3.8, 4) is 22.5 Å². The Morgan fingerprint density at radius 3 is 2.62 bits per heavy atom. The maximum absolute atomic E-state index is 14.3. The lowest BCUT2D eigenvalue weighted by Crippen LogP contribution is -2.59. The third-order valence-corrected chi connectivity index (χ3v) is 14.3. The number of hydrogen-bond acceptors (Lipinski definition) is 11. The molecule has 17 heteroatoms. The van der Waals surface area contributed by atoms with Crippen molar-refractivity contribution in [1.29, 1.82) is 0 Å². The first-order valence-corrected chi connectivity index (χ1v) is 24.2. The Balaban J connectivity index is 1.33. The predicted molar refractivity (Wildman–Crippen MR) is 251 cm³/mol. The van der Waals surface area contributed by atoms with Gasteiger partial charge in [0.05, 0.1) is 40.7 Å². The number of carbonyl (C=O) groups is 4. The van der Waals surface area contributed by atoms with E-state index in [1.165, 1.54) is 21.6 Å². The summed E-state index contributed by atoms with van der Waals surface area (Å²) in [4.78, 5) is 65.0. The van der Waals surface area contributed by atoms with Gasteiger partial charge in [0.25, 0.3) is 12.4 Å². The molecule has 0 aliphatic carbocycles. The molecule has 4 aromatic rings. The summed E-state index contributed by atoms with van der Waals surface area (Å²) in [6.45, 7) is 19.1. The van der Waals surface area contributed by atoms with Gasteiger partial charge < -0.3 is 24.3 Å². The summed E-state index contributed by atoms with van der Waals surface area (Å²) in [6, 6.07) is 8.56. The fourth-order valence-corrected chi connectivity index (χ4v) is 10.7. The van der Waals surface area contributed by atoms with Crippen molar-refractivity contribution < 1.29 is 32.9 Å². The monoisotopic (exact) mass is 916 g/mol. The second-order valence-electron chi connectivity index (χ2n) is 17.8. The van der Waals surface area contributed by atoms with Crippen LogP contribution in [0.15, 0.2) is 53.9 Å². The number of benzene rings is 1. The van der Waals surface area contributed by atoms with Crippen molar-refractivity contribution in [3.05, 3.63) is 70.2 Å². The molecule has 1 aromatic carbocycles. The number of nitrogens with one attached hydrogen (secondary N) is 2. The zero-order valence-corrected chi connectivity index (χ0v) is 40.1. The van der Waals surface area contributed by atoms with Crippen molar-refractivity contribution in [2.75, 3.05) is 46.9 Å². The number of thiazole rings is 1. The van der Waals surface area contributed by atoms with Crippen LogP contribution >= 0.6 is 11.3 Å². The van der Waals surface area contributed by atoms with Crippen LogP contribution in [0.3, 0.4) is 0 Å². The molecule has 5 unspecified atom stereocenters. The molecule has 2 aliphatic rings. The second kappa shape index (κ2) is 21.5. The van der Waals surface area contributed by atoms with Crippen LogP contribution in [0.4, 0.5) is 0 Å². The summed E-state index contributed by atoms with van der Waals surface area (Å²) >= 11 is 1.43. The highest BCUT2D eigenvalue weighted by atomic mass is 32.2. The van der Waals surface area contributed by atoms with Gasteiger partial charge >= 0.3 is 0 Å². The molecule has 5 heterocycles. The zero-order chi connectivity index (χ0) is 46.3. The van der Waals surface area contributed by atoms with E-state index < -0.39 is 40.3 Å².